The molecule has 1 unspecified atom stereocenters. The Bertz CT molecular complexity index is 575. The number of benzene rings is 2. The number of rotatable bonds is 5. The van der Waals surface area contributed by atoms with Gasteiger partial charge in [0, 0.05) is 8.59 Å². The second kappa shape index (κ2) is 7.26. The zero-order valence-corrected chi connectivity index (χ0v) is 14.0. The van der Waals surface area contributed by atoms with Crippen LogP contribution in [0.15, 0.2) is 42.5 Å². The molecule has 0 amide bonds. The zero-order chi connectivity index (χ0) is 14.5. The lowest BCUT2D eigenvalue weighted by Crippen LogP contribution is -2.29. The first-order chi connectivity index (χ1) is 9.63. The largest absolute Gasteiger partial charge is 0.496 e. The van der Waals surface area contributed by atoms with Crippen LogP contribution in [0.2, 0.25) is 5.02 Å². The van der Waals surface area contributed by atoms with Crippen molar-refractivity contribution in [2.45, 2.75) is 12.5 Å². The summed E-state index contributed by atoms with van der Waals surface area (Å²) in [6.45, 7) is 0. The van der Waals surface area contributed by atoms with E-state index in [1.54, 1.807) is 7.11 Å². The number of halogens is 2. The van der Waals surface area contributed by atoms with Crippen LogP contribution >= 0.6 is 34.2 Å². The summed E-state index contributed by atoms with van der Waals surface area (Å²) in [5.74, 6) is 6.51. The number of hydrogen-bond donors (Lipinski definition) is 2. The summed E-state index contributed by atoms with van der Waals surface area (Å²) in [5.41, 5.74) is 5.02. The molecule has 0 radical (unpaired) electrons. The third-order valence-corrected chi connectivity index (χ3v) is 4.09. The number of nitrogens with two attached hydrogens (primary N) is 1. The van der Waals surface area contributed by atoms with Crippen molar-refractivity contribution in [3.63, 3.8) is 0 Å². The van der Waals surface area contributed by atoms with Gasteiger partial charge in [0.25, 0.3) is 0 Å². The van der Waals surface area contributed by atoms with E-state index in [0.717, 1.165) is 16.9 Å². The molecule has 0 heterocycles. The summed E-state index contributed by atoms with van der Waals surface area (Å²) < 4.78 is 6.57. The molecule has 2 aromatic rings. The Kier molecular flexibility index (Phi) is 5.65. The molecule has 0 aliphatic heterocycles. The summed E-state index contributed by atoms with van der Waals surface area (Å²) in [6, 6.07) is 13.9. The Labute approximate surface area is 137 Å². The van der Waals surface area contributed by atoms with E-state index in [0.29, 0.717) is 11.4 Å². The molecule has 106 valence electrons. The zero-order valence-electron chi connectivity index (χ0n) is 11.1. The number of nitrogens with one attached hydrogen (secondary N) is 1. The highest BCUT2D eigenvalue weighted by atomic mass is 127. The van der Waals surface area contributed by atoms with Crippen LogP contribution in [0.25, 0.3) is 0 Å². The van der Waals surface area contributed by atoms with Crippen LogP contribution in [0.5, 0.6) is 5.75 Å². The average molecular weight is 403 g/mol. The normalized spacial score (nSPS) is 12.2. The maximum atomic E-state index is 6.06. The Morgan fingerprint density at radius 2 is 1.95 bits per heavy atom. The second-order valence-corrected chi connectivity index (χ2v) is 6.11. The maximum absolute atomic E-state index is 6.06. The number of hydrogen-bond acceptors (Lipinski definition) is 3. The van der Waals surface area contributed by atoms with Crippen molar-refractivity contribution in [2.24, 2.45) is 5.84 Å². The minimum absolute atomic E-state index is 0.0133. The standard InChI is InChI=1S/C15H16ClIN2O/c1-20-15-7-4-12(16)8-11(15)9-14(19-18)10-2-5-13(17)6-3-10/h2-8,14,19H,9,18H2,1H3. The quantitative estimate of drug-likeness (QED) is 0.455. The van der Waals surface area contributed by atoms with Crippen molar-refractivity contribution in [1.29, 1.82) is 0 Å². The van der Waals surface area contributed by atoms with Crippen LogP contribution < -0.4 is 16.0 Å². The smallest absolute Gasteiger partial charge is 0.122 e. The summed E-state index contributed by atoms with van der Waals surface area (Å²) in [6.07, 6.45) is 0.709. The molecule has 1 atom stereocenters. The lowest BCUT2D eigenvalue weighted by atomic mass is 9.99. The molecule has 0 fully saturated rings. The van der Waals surface area contributed by atoms with E-state index in [9.17, 15) is 0 Å². The van der Waals surface area contributed by atoms with Gasteiger partial charge in [0.05, 0.1) is 13.2 Å². The number of methoxy groups -OCH3 is 1. The second-order valence-electron chi connectivity index (χ2n) is 4.43. The Balaban J connectivity index is 2.26. The molecule has 3 nitrogen and oxygen atoms in total. The van der Waals surface area contributed by atoms with E-state index < -0.39 is 0 Å². The van der Waals surface area contributed by atoms with E-state index in [2.05, 4.69) is 52.3 Å². The van der Waals surface area contributed by atoms with Gasteiger partial charge >= 0.3 is 0 Å². The summed E-state index contributed by atoms with van der Waals surface area (Å²) >= 11 is 8.34. The van der Waals surface area contributed by atoms with Gasteiger partial charge in [0.1, 0.15) is 5.75 Å². The molecular weight excluding hydrogens is 387 g/mol. The van der Waals surface area contributed by atoms with Gasteiger partial charge in [-0.05, 0) is 70.5 Å². The van der Waals surface area contributed by atoms with E-state index in [1.807, 2.05) is 18.2 Å². The highest BCUT2D eigenvalue weighted by Gasteiger charge is 2.14. The predicted molar refractivity (Wildman–Crippen MR) is 90.9 cm³/mol. The topological polar surface area (TPSA) is 47.3 Å². The molecule has 20 heavy (non-hydrogen) atoms. The Morgan fingerprint density at radius 1 is 1.25 bits per heavy atom. The van der Waals surface area contributed by atoms with Gasteiger partial charge < -0.3 is 4.74 Å². The minimum atomic E-state index is 0.0133. The van der Waals surface area contributed by atoms with Crippen LogP contribution in [0.4, 0.5) is 0 Å². The number of ether oxygens (including phenoxy) is 1. The molecule has 0 saturated carbocycles. The average Bonchev–Trinajstić information content (AvgIpc) is 2.46. The van der Waals surface area contributed by atoms with Crippen molar-refractivity contribution in [3.8, 4) is 5.75 Å². The van der Waals surface area contributed by atoms with Gasteiger partial charge in [-0.2, -0.15) is 0 Å². The van der Waals surface area contributed by atoms with Gasteiger partial charge in [-0.3, -0.25) is 11.3 Å². The monoisotopic (exact) mass is 402 g/mol. The summed E-state index contributed by atoms with van der Waals surface area (Å²) in [5, 5.41) is 0.694. The maximum Gasteiger partial charge on any atom is 0.122 e. The van der Waals surface area contributed by atoms with Crippen LogP contribution in [-0.2, 0) is 6.42 Å². The van der Waals surface area contributed by atoms with E-state index in [4.69, 9.17) is 22.2 Å². The van der Waals surface area contributed by atoms with Crippen molar-refractivity contribution < 1.29 is 4.74 Å². The van der Waals surface area contributed by atoms with Crippen LogP contribution in [0.1, 0.15) is 17.2 Å². The lowest BCUT2D eigenvalue weighted by molar-refractivity contribution is 0.405. The molecule has 0 saturated heterocycles. The van der Waals surface area contributed by atoms with Crippen LogP contribution in [0, 0.1) is 3.57 Å². The summed E-state index contributed by atoms with van der Waals surface area (Å²) in [4.78, 5) is 0. The van der Waals surface area contributed by atoms with E-state index >= 15 is 0 Å². The highest BCUT2D eigenvalue weighted by Crippen LogP contribution is 2.27. The Morgan fingerprint density at radius 3 is 2.55 bits per heavy atom. The first kappa shape index (κ1) is 15.6. The fourth-order valence-corrected chi connectivity index (χ4v) is 2.65. The Hall–Kier alpha value is -0.820. The fraction of sp³-hybridized carbons (Fsp3) is 0.200. The van der Waals surface area contributed by atoms with Gasteiger partial charge in [-0.25, -0.2) is 0 Å². The molecule has 0 bridgehead atoms. The molecule has 0 spiro atoms. The fourth-order valence-electron chi connectivity index (χ4n) is 2.09. The molecule has 3 N–H and O–H groups in total. The molecule has 0 aromatic heterocycles. The molecule has 2 aromatic carbocycles. The SMILES string of the molecule is COc1ccc(Cl)cc1CC(NN)c1ccc(I)cc1. The van der Waals surface area contributed by atoms with E-state index in [1.165, 1.54) is 3.57 Å². The van der Waals surface area contributed by atoms with Crippen molar-refractivity contribution in [2.75, 3.05) is 7.11 Å². The van der Waals surface area contributed by atoms with Crippen molar-refractivity contribution in [3.05, 3.63) is 62.2 Å². The van der Waals surface area contributed by atoms with Crippen molar-refractivity contribution >= 4 is 34.2 Å². The molecule has 0 aliphatic carbocycles. The highest BCUT2D eigenvalue weighted by molar-refractivity contribution is 14.1. The molecular formula is C15H16ClIN2O. The minimum Gasteiger partial charge on any atom is -0.496 e. The molecule has 5 heteroatoms. The first-order valence-electron chi connectivity index (χ1n) is 6.18. The summed E-state index contributed by atoms with van der Waals surface area (Å²) in [7, 11) is 1.66. The lowest BCUT2D eigenvalue weighted by Gasteiger charge is -2.18. The third-order valence-electron chi connectivity index (χ3n) is 3.14. The van der Waals surface area contributed by atoms with Gasteiger partial charge in [0.2, 0.25) is 0 Å². The van der Waals surface area contributed by atoms with Crippen molar-refractivity contribution in [1.82, 2.24) is 5.43 Å². The molecule has 2 rings (SSSR count). The first-order valence-corrected chi connectivity index (χ1v) is 7.63. The van der Waals surface area contributed by atoms with Gasteiger partial charge in [0.15, 0.2) is 0 Å². The van der Waals surface area contributed by atoms with Gasteiger partial charge in [-0.15, -0.1) is 0 Å². The number of hydrazine groups is 1. The third kappa shape index (κ3) is 3.85. The van der Waals surface area contributed by atoms with Gasteiger partial charge in [-0.1, -0.05) is 23.7 Å². The predicted octanol–water partition coefficient (Wildman–Crippen LogP) is 3.70. The van der Waals surface area contributed by atoms with E-state index in [-0.39, 0.29) is 6.04 Å². The van der Waals surface area contributed by atoms with Crippen LogP contribution in [0.3, 0.4) is 0 Å². The molecule has 0 aliphatic rings. The van der Waals surface area contributed by atoms with Crippen LogP contribution in [-0.4, -0.2) is 7.11 Å².